The van der Waals surface area contributed by atoms with Crippen LogP contribution in [0.4, 0.5) is 10.5 Å². The number of fused-ring (bicyclic) bond motifs is 1. The summed E-state index contributed by atoms with van der Waals surface area (Å²) in [4.78, 5) is 33.7. The molecule has 2 aliphatic rings. The molecule has 1 aliphatic heterocycles. The number of benzene rings is 2. The van der Waals surface area contributed by atoms with Gasteiger partial charge in [0.2, 0.25) is 0 Å². The number of rotatable bonds is 2. The Morgan fingerprint density at radius 3 is 2.54 bits per heavy atom. The van der Waals surface area contributed by atoms with Crippen LogP contribution >= 0.6 is 15.9 Å². The van der Waals surface area contributed by atoms with Gasteiger partial charge in [0.25, 0.3) is 5.91 Å². The first-order valence-corrected chi connectivity index (χ1v) is 10.0. The average Bonchev–Trinajstić information content (AvgIpc) is 2.87. The fourth-order valence-electron chi connectivity index (χ4n) is 4.49. The van der Waals surface area contributed by atoms with Gasteiger partial charge in [-0.15, -0.1) is 0 Å². The lowest BCUT2D eigenvalue weighted by Gasteiger charge is -2.47. The minimum Gasteiger partial charge on any atom is -0.312 e. The number of anilines is 1. The van der Waals surface area contributed by atoms with Crippen LogP contribution in [0.15, 0.2) is 65.4 Å². The summed E-state index contributed by atoms with van der Waals surface area (Å²) in [5.74, 6) is 0.0989. The van der Waals surface area contributed by atoms with Gasteiger partial charge in [0.1, 0.15) is 5.54 Å². The van der Waals surface area contributed by atoms with E-state index in [1.54, 1.807) is 24.3 Å². The monoisotopic (exact) mass is 435 g/mol. The van der Waals surface area contributed by atoms with Gasteiger partial charge in [-0.1, -0.05) is 58.4 Å². The highest BCUT2D eigenvalue weighted by molar-refractivity contribution is 9.10. The van der Waals surface area contributed by atoms with Crippen LogP contribution in [-0.4, -0.2) is 34.4 Å². The molecule has 0 N–H and O–H groups in total. The fraction of sp³-hybridized carbons (Fsp3) is 0.227. The Labute approximate surface area is 171 Å². The van der Waals surface area contributed by atoms with Crippen LogP contribution in [0.5, 0.6) is 0 Å². The van der Waals surface area contributed by atoms with E-state index >= 15 is 0 Å². The van der Waals surface area contributed by atoms with E-state index in [4.69, 9.17) is 0 Å². The lowest BCUT2D eigenvalue weighted by atomic mass is 9.65. The molecule has 0 radical (unpaired) electrons. The quantitative estimate of drug-likeness (QED) is 0.547. The molecule has 0 bridgehead atoms. The second-order valence-corrected chi connectivity index (χ2v) is 8.37. The number of carbonyl (C=O) groups excluding carboxylic acids is 2. The molecule has 2 fully saturated rings. The molecule has 1 aliphatic carbocycles. The highest BCUT2D eigenvalue weighted by Gasteiger charge is 2.63. The van der Waals surface area contributed by atoms with Crippen LogP contribution in [0, 0.1) is 0 Å². The normalized spacial score (nSPS) is 24.3. The molecule has 2 aromatic carbocycles. The Morgan fingerprint density at radius 1 is 1.04 bits per heavy atom. The van der Waals surface area contributed by atoms with Crippen LogP contribution in [0.3, 0.4) is 0 Å². The van der Waals surface area contributed by atoms with Gasteiger partial charge >= 0.3 is 6.03 Å². The SMILES string of the molecule is CN1C(=O)N(c2cncc3ccccc23)C(=O)C12CC(c1ccccc1Br)C2. The number of amides is 3. The number of carbonyl (C=O) groups is 2. The summed E-state index contributed by atoms with van der Waals surface area (Å²) in [7, 11) is 1.73. The van der Waals surface area contributed by atoms with Gasteiger partial charge in [-0.2, -0.15) is 0 Å². The highest BCUT2D eigenvalue weighted by atomic mass is 79.9. The van der Waals surface area contributed by atoms with Gasteiger partial charge in [0, 0.05) is 28.5 Å². The smallest absolute Gasteiger partial charge is 0.312 e. The predicted octanol–water partition coefficient (Wildman–Crippen LogP) is 4.71. The molecule has 5 nitrogen and oxygen atoms in total. The second-order valence-electron chi connectivity index (χ2n) is 7.52. The van der Waals surface area contributed by atoms with Crippen molar-refractivity contribution >= 4 is 44.3 Å². The molecule has 5 rings (SSSR count). The maximum absolute atomic E-state index is 13.5. The molecule has 28 heavy (non-hydrogen) atoms. The van der Waals surface area contributed by atoms with Gasteiger partial charge in [0.15, 0.2) is 0 Å². The standard InChI is InChI=1S/C22H18BrN3O2/c1-25-21(28)26(19-13-24-12-14-6-2-3-8-17(14)19)20(27)22(25)10-15(11-22)16-7-4-5-9-18(16)23/h2-9,12-13,15H,10-11H2,1H3. The number of likely N-dealkylation sites (N-methyl/N-ethyl adjacent to an activating group) is 1. The summed E-state index contributed by atoms with van der Waals surface area (Å²) in [6.07, 6.45) is 4.61. The topological polar surface area (TPSA) is 53.5 Å². The molecule has 1 saturated heterocycles. The third-order valence-corrected chi connectivity index (χ3v) is 6.84. The Kier molecular flexibility index (Phi) is 3.81. The maximum atomic E-state index is 13.5. The number of aromatic nitrogens is 1. The number of urea groups is 1. The first kappa shape index (κ1) is 17.4. The van der Waals surface area contributed by atoms with E-state index in [1.165, 1.54) is 10.5 Å². The van der Waals surface area contributed by atoms with Crippen molar-refractivity contribution in [3.05, 3.63) is 71.0 Å². The number of halogens is 1. The van der Waals surface area contributed by atoms with Crippen LogP contribution in [0.2, 0.25) is 0 Å². The molecule has 1 spiro atoms. The van der Waals surface area contributed by atoms with E-state index in [0.29, 0.717) is 18.5 Å². The van der Waals surface area contributed by atoms with Gasteiger partial charge in [-0.25, -0.2) is 9.69 Å². The second kappa shape index (κ2) is 6.14. The molecular formula is C22H18BrN3O2. The van der Waals surface area contributed by atoms with Crippen LogP contribution in [-0.2, 0) is 4.79 Å². The van der Waals surface area contributed by atoms with Gasteiger partial charge in [0.05, 0.1) is 11.9 Å². The number of hydrogen-bond acceptors (Lipinski definition) is 3. The van der Waals surface area contributed by atoms with E-state index in [0.717, 1.165) is 15.2 Å². The zero-order valence-corrected chi connectivity index (χ0v) is 16.9. The molecule has 1 saturated carbocycles. The van der Waals surface area contributed by atoms with Crippen molar-refractivity contribution < 1.29 is 9.59 Å². The molecule has 140 valence electrons. The molecule has 0 unspecified atom stereocenters. The van der Waals surface area contributed by atoms with Crippen molar-refractivity contribution in [1.82, 2.24) is 9.88 Å². The van der Waals surface area contributed by atoms with E-state index in [2.05, 4.69) is 27.0 Å². The largest absolute Gasteiger partial charge is 0.332 e. The van der Waals surface area contributed by atoms with E-state index in [-0.39, 0.29) is 17.9 Å². The Hall–Kier alpha value is -2.73. The van der Waals surface area contributed by atoms with Crippen LogP contribution < -0.4 is 4.90 Å². The fourth-order valence-corrected chi connectivity index (χ4v) is 5.10. The summed E-state index contributed by atoms with van der Waals surface area (Å²) in [5.41, 5.74) is 0.974. The van der Waals surface area contributed by atoms with Crippen LogP contribution in [0.25, 0.3) is 10.8 Å². The Morgan fingerprint density at radius 2 is 1.75 bits per heavy atom. The Balaban J connectivity index is 1.52. The Bertz CT molecular complexity index is 1120. The average molecular weight is 436 g/mol. The molecule has 2 heterocycles. The summed E-state index contributed by atoms with van der Waals surface area (Å²) in [5, 5.41) is 1.76. The van der Waals surface area contributed by atoms with Crippen molar-refractivity contribution in [3.8, 4) is 0 Å². The summed E-state index contributed by atoms with van der Waals surface area (Å²) in [6, 6.07) is 15.5. The van der Waals surface area contributed by atoms with E-state index < -0.39 is 5.54 Å². The first-order chi connectivity index (χ1) is 13.5. The zero-order valence-electron chi connectivity index (χ0n) is 15.3. The highest BCUT2D eigenvalue weighted by Crippen LogP contribution is 2.53. The van der Waals surface area contributed by atoms with Crippen molar-refractivity contribution in [2.75, 3.05) is 11.9 Å². The minimum absolute atomic E-state index is 0.151. The predicted molar refractivity (Wildman–Crippen MR) is 111 cm³/mol. The minimum atomic E-state index is -0.770. The van der Waals surface area contributed by atoms with Gasteiger partial charge < -0.3 is 4.90 Å². The summed E-state index contributed by atoms with van der Waals surface area (Å²) in [6.45, 7) is 0. The van der Waals surface area contributed by atoms with E-state index in [1.807, 2.05) is 42.5 Å². The van der Waals surface area contributed by atoms with E-state index in [9.17, 15) is 9.59 Å². The zero-order chi connectivity index (χ0) is 19.5. The first-order valence-electron chi connectivity index (χ1n) is 9.22. The van der Waals surface area contributed by atoms with Gasteiger partial charge in [-0.05, 0) is 30.4 Å². The summed E-state index contributed by atoms with van der Waals surface area (Å²) >= 11 is 3.60. The number of nitrogens with zero attached hydrogens (tertiary/aromatic N) is 3. The molecular weight excluding hydrogens is 418 g/mol. The third-order valence-electron chi connectivity index (χ3n) is 6.12. The summed E-state index contributed by atoms with van der Waals surface area (Å²) < 4.78 is 1.05. The number of pyridine rings is 1. The lowest BCUT2D eigenvalue weighted by Crippen LogP contribution is -2.56. The van der Waals surface area contributed by atoms with Crippen molar-refractivity contribution in [1.29, 1.82) is 0 Å². The van der Waals surface area contributed by atoms with Crippen LogP contribution in [0.1, 0.15) is 24.3 Å². The molecule has 3 amide bonds. The van der Waals surface area contributed by atoms with Crippen molar-refractivity contribution in [2.24, 2.45) is 0 Å². The van der Waals surface area contributed by atoms with Crippen molar-refractivity contribution in [2.45, 2.75) is 24.3 Å². The third kappa shape index (κ3) is 2.27. The number of hydrogen-bond donors (Lipinski definition) is 0. The molecule has 0 atom stereocenters. The molecule has 6 heteroatoms. The van der Waals surface area contributed by atoms with Gasteiger partial charge in [-0.3, -0.25) is 9.78 Å². The lowest BCUT2D eigenvalue weighted by molar-refractivity contribution is -0.129. The molecule has 3 aromatic rings. The molecule has 1 aromatic heterocycles. The number of imide groups is 1. The van der Waals surface area contributed by atoms with Crippen molar-refractivity contribution in [3.63, 3.8) is 0 Å². The maximum Gasteiger partial charge on any atom is 0.332 e.